The number of carbonyl (C=O) groups excluding carboxylic acids is 1. The summed E-state index contributed by atoms with van der Waals surface area (Å²) < 4.78 is 23.6. The molecule has 2 aromatic heterocycles. The summed E-state index contributed by atoms with van der Waals surface area (Å²) in [6.45, 7) is 0. The molecule has 6 nitrogen and oxygen atoms in total. The van der Waals surface area contributed by atoms with Crippen LogP contribution in [0.15, 0.2) is 75.8 Å². The van der Waals surface area contributed by atoms with E-state index in [2.05, 4.69) is 15.5 Å². The highest BCUT2D eigenvalue weighted by atomic mass is 19.1. The number of aromatic nitrogens is 2. The van der Waals surface area contributed by atoms with Crippen LogP contribution < -0.4 is 5.32 Å². The van der Waals surface area contributed by atoms with Gasteiger partial charge in [-0.05, 0) is 47.5 Å². The summed E-state index contributed by atoms with van der Waals surface area (Å²) in [7, 11) is 0. The van der Waals surface area contributed by atoms with E-state index in [0.29, 0.717) is 11.3 Å². The summed E-state index contributed by atoms with van der Waals surface area (Å²) in [6, 6.07) is 16.3. The fourth-order valence-electron chi connectivity index (χ4n) is 2.43. The lowest BCUT2D eigenvalue weighted by atomic mass is 10.0. The quantitative estimate of drug-likeness (QED) is 0.591. The van der Waals surface area contributed by atoms with Gasteiger partial charge in [0.25, 0.3) is 11.8 Å². The second-order valence-electron chi connectivity index (χ2n) is 5.43. The Morgan fingerprint density at radius 1 is 0.962 bits per heavy atom. The zero-order valence-corrected chi connectivity index (χ0v) is 13.3. The molecule has 0 fully saturated rings. The van der Waals surface area contributed by atoms with Gasteiger partial charge in [-0.3, -0.25) is 10.1 Å². The van der Waals surface area contributed by atoms with Crippen LogP contribution in [0.4, 0.5) is 10.4 Å². The van der Waals surface area contributed by atoms with E-state index in [9.17, 15) is 9.18 Å². The number of hydrogen-bond donors (Lipinski definition) is 1. The standard InChI is InChI=1S/C19H12FN3O3/c20-15-8-6-12(7-9-15)13-3-1-4-14(11-13)17(24)21-19-23-22-18(26-19)16-5-2-10-25-16/h1-11H,(H,21,23,24). The highest BCUT2D eigenvalue weighted by molar-refractivity contribution is 6.03. The molecule has 1 N–H and O–H groups in total. The van der Waals surface area contributed by atoms with E-state index in [0.717, 1.165) is 11.1 Å². The van der Waals surface area contributed by atoms with Crippen LogP contribution in [0.2, 0.25) is 0 Å². The third kappa shape index (κ3) is 3.23. The number of amides is 1. The first kappa shape index (κ1) is 15.8. The van der Waals surface area contributed by atoms with E-state index in [-0.39, 0.29) is 17.7 Å². The Kier molecular flexibility index (Phi) is 4.03. The highest BCUT2D eigenvalue weighted by Gasteiger charge is 2.14. The number of nitrogens with one attached hydrogen (secondary N) is 1. The average molecular weight is 349 g/mol. The molecule has 0 aliphatic rings. The van der Waals surface area contributed by atoms with Gasteiger partial charge < -0.3 is 8.83 Å². The molecule has 0 aliphatic carbocycles. The smallest absolute Gasteiger partial charge is 0.322 e. The number of furan rings is 1. The van der Waals surface area contributed by atoms with Crippen molar-refractivity contribution in [1.82, 2.24) is 10.2 Å². The Labute approximate surface area is 147 Å². The molecule has 0 aliphatic heterocycles. The SMILES string of the molecule is O=C(Nc1nnc(-c2ccco2)o1)c1cccc(-c2ccc(F)cc2)c1. The number of rotatable bonds is 4. The summed E-state index contributed by atoms with van der Waals surface area (Å²) in [4.78, 5) is 12.4. The summed E-state index contributed by atoms with van der Waals surface area (Å²) in [6.07, 6.45) is 1.48. The Morgan fingerprint density at radius 3 is 2.58 bits per heavy atom. The van der Waals surface area contributed by atoms with E-state index in [4.69, 9.17) is 8.83 Å². The molecule has 0 bridgehead atoms. The lowest BCUT2D eigenvalue weighted by Crippen LogP contribution is -2.12. The van der Waals surface area contributed by atoms with Crippen molar-refractivity contribution in [3.8, 4) is 22.8 Å². The first-order valence-electron chi connectivity index (χ1n) is 7.74. The van der Waals surface area contributed by atoms with Gasteiger partial charge in [0.05, 0.1) is 6.26 Å². The number of nitrogens with zero attached hydrogens (tertiary/aromatic N) is 2. The summed E-state index contributed by atoms with van der Waals surface area (Å²) >= 11 is 0. The van der Waals surface area contributed by atoms with Crippen LogP contribution in [0.25, 0.3) is 22.8 Å². The molecule has 0 saturated heterocycles. The largest absolute Gasteiger partial charge is 0.459 e. The summed E-state index contributed by atoms with van der Waals surface area (Å²) in [5.74, 6) is -0.128. The van der Waals surface area contributed by atoms with Gasteiger partial charge in [-0.25, -0.2) is 4.39 Å². The lowest BCUT2D eigenvalue weighted by molar-refractivity contribution is 0.102. The minimum atomic E-state index is -0.399. The average Bonchev–Trinajstić information content (AvgIpc) is 3.34. The maximum absolute atomic E-state index is 13.1. The zero-order valence-electron chi connectivity index (χ0n) is 13.3. The third-order valence-corrected chi connectivity index (χ3v) is 3.68. The molecule has 2 heterocycles. The van der Waals surface area contributed by atoms with Gasteiger partial charge in [-0.15, -0.1) is 5.10 Å². The van der Waals surface area contributed by atoms with Crippen LogP contribution in [-0.4, -0.2) is 16.1 Å². The van der Waals surface area contributed by atoms with E-state index < -0.39 is 5.91 Å². The van der Waals surface area contributed by atoms with Gasteiger partial charge in [0.15, 0.2) is 5.76 Å². The lowest BCUT2D eigenvalue weighted by Gasteiger charge is -2.05. The van der Waals surface area contributed by atoms with Crippen molar-refractivity contribution in [2.45, 2.75) is 0 Å². The highest BCUT2D eigenvalue weighted by Crippen LogP contribution is 2.23. The molecule has 0 radical (unpaired) electrons. The topological polar surface area (TPSA) is 81.2 Å². The molecule has 0 spiro atoms. The summed E-state index contributed by atoms with van der Waals surface area (Å²) in [5.41, 5.74) is 2.00. The minimum absolute atomic E-state index is 0.0337. The first-order chi connectivity index (χ1) is 12.7. The Morgan fingerprint density at radius 2 is 1.81 bits per heavy atom. The molecular formula is C19H12FN3O3. The van der Waals surface area contributed by atoms with Gasteiger partial charge in [0.2, 0.25) is 0 Å². The molecule has 4 aromatic rings. The number of anilines is 1. The zero-order chi connectivity index (χ0) is 17.9. The van der Waals surface area contributed by atoms with E-state index >= 15 is 0 Å². The van der Waals surface area contributed by atoms with E-state index in [1.807, 2.05) is 6.07 Å². The second kappa shape index (κ2) is 6.64. The van der Waals surface area contributed by atoms with Crippen molar-refractivity contribution >= 4 is 11.9 Å². The molecule has 0 unspecified atom stereocenters. The minimum Gasteiger partial charge on any atom is -0.459 e. The predicted molar refractivity (Wildman–Crippen MR) is 91.8 cm³/mol. The van der Waals surface area contributed by atoms with Crippen molar-refractivity contribution in [2.24, 2.45) is 0 Å². The van der Waals surface area contributed by atoms with Gasteiger partial charge in [0.1, 0.15) is 5.82 Å². The maximum Gasteiger partial charge on any atom is 0.322 e. The van der Waals surface area contributed by atoms with Gasteiger partial charge in [0, 0.05) is 5.56 Å². The second-order valence-corrected chi connectivity index (χ2v) is 5.43. The molecule has 2 aromatic carbocycles. The van der Waals surface area contributed by atoms with Crippen LogP contribution in [0, 0.1) is 5.82 Å². The Bertz CT molecular complexity index is 1040. The van der Waals surface area contributed by atoms with Crippen molar-refractivity contribution < 1.29 is 18.0 Å². The molecule has 0 atom stereocenters. The number of benzene rings is 2. The van der Waals surface area contributed by atoms with Gasteiger partial charge in [-0.1, -0.05) is 29.4 Å². The van der Waals surface area contributed by atoms with E-state index in [1.165, 1.54) is 18.4 Å². The Balaban J connectivity index is 1.53. The summed E-state index contributed by atoms with van der Waals surface area (Å²) in [5, 5.41) is 10.1. The van der Waals surface area contributed by atoms with Crippen LogP contribution in [0.3, 0.4) is 0 Å². The molecular weight excluding hydrogens is 337 g/mol. The van der Waals surface area contributed by atoms with Gasteiger partial charge in [-0.2, -0.15) is 0 Å². The maximum atomic E-state index is 13.1. The van der Waals surface area contributed by atoms with Crippen LogP contribution >= 0.6 is 0 Å². The monoisotopic (exact) mass is 349 g/mol. The number of halogens is 1. The predicted octanol–water partition coefficient (Wildman–Crippen LogP) is 4.39. The molecule has 7 heteroatoms. The Hall–Kier alpha value is -3.74. The van der Waals surface area contributed by atoms with Crippen molar-refractivity contribution in [2.75, 3.05) is 5.32 Å². The molecule has 4 rings (SSSR count). The molecule has 26 heavy (non-hydrogen) atoms. The van der Waals surface area contributed by atoms with Gasteiger partial charge >= 0.3 is 6.01 Å². The number of hydrogen-bond acceptors (Lipinski definition) is 5. The van der Waals surface area contributed by atoms with Crippen molar-refractivity contribution in [3.63, 3.8) is 0 Å². The van der Waals surface area contributed by atoms with E-state index in [1.54, 1.807) is 42.5 Å². The molecule has 1 amide bonds. The van der Waals surface area contributed by atoms with Crippen molar-refractivity contribution in [3.05, 3.63) is 78.3 Å². The fourth-order valence-corrected chi connectivity index (χ4v) is 2.43. The van der Waals surface area contributed by atoms with Crippen LogP contribution in [0.5, 0.6) is 0 Å². The fraction of sp³-hybridized carbons (Fsp3) is 0. The van der Waals surface area contributed by atoms with Crippen molar-refractivity contribution in [1.29, 1.82) is 0 Å². The first-order valence-corrected chi connectivity index (χ1v) is 7.74. The van der Waals surface area contributed by atoms with Crippen LogP contribution in [0.1, 0.15) is 10.4 Å². The molecule has 128 valence electrons. The van der Waals surface area contributed by atoms with Crippen LogP contribution in [-0.2, 0) is 0 Å². The normalized spacial score (nSPS) is 10.7. The number of carbonyl (C=O) groups is 1. The third-order valence-electron chi connectivity index (χ3n) is 3.68. The molecule has 0 saturated carbocycles.